The molecule has 8 heteroatoms. The van der Waals surface area contributed by atoms with Crippen LogP contribution in [0.25, 0.3) is 0 Å². The third-order valence-corrected chi connectivity index (χ3v) is 6.28. The normalized spacial score (nSPS) is 18.8. The number of halogens is 2. The summed E-state index contributed by atoms with van der Waals surface area (Å²) in [6, 6.07) is 0. The zero-order valence-electron chi connectivity index (χ0n) is 11.9. The molecular weight excluding hydrogens is 436 g/mol. The van der Waals surface area contributed by atoms with Crippen LogP contribution in [0.3, 0.4) is 0 Å². The molecule has 3 rings (SSSR count). The van der Waals surface area contributed by atoms with Crippen LogP contribution in [-0.2, 0) is 11.2 Å². The smallest absolute Gasteiger partial charge is 0.251 e. The molecule has 1 fully saturated rings. The molecule has 1 aromatic heterocycles. The maximum Gasteiger partial charge on any atom is 0.251 e. The topological polar surface area (TPSA) is 89.3 Å². The number of primary amides is 1. The fraction of sp³-hybridized carbons (Fsp3) is 0.500. The molecule has 1 saturated carbocycles. The number of alkyl halides is 2. The van der Waals surface area contributed by atoms with Gasteiger partial charge in [0.2, 0.25) is 0 Å². The Balaban J connectivity index is 0.000000299. The van der Waals surface area contributed by atoms with Crippen LogP contribution in [0.4, 0.5) is 5.00 Å². The number of carbonyl (C=O) groups excluding carboxylic acids is 3. The van der Waals surface area contributed by atoms with Gasteiger partial charge in [0.05, 0.1) is 10.4 Å². The lowest BCUT2D eigenvalue weighted by molar-refractivity contribution is -0.108. The molecule has 5 nitrogen and oxygen atoms in total. The van der Waals surface area contributed by atoms with Crippen LogP contribution in [0.5, 0.6) is 0 Å². The summed E-state index contributed by atoms with van der Waals surface area (Å²) in [6.07, 6.45) is 4.56. The minimum atomic E-state index is -0.711. The van der Waals surface area contributed by atoms with Crippen molar-refractivity contribution in [2.24, 2.45) is 11.7 Å². The average Bonchev–Trinajstić information content (AvgIpc) is 3.23. The standard InChI is InChI=1S/C10H10Br2N2O2S.C4H6O/c1-14-9-5(8(13)16)4-2-3-10(11,12)7(15)6(4)17-9;5-3-4-1-2-4/h14H,2-3H2,1H3,(H2,13,16);3-4H,1-2H2. The van der Waals surface area contributed by atoms with E-state index in [1.54, 1.807) is 7.05 Å². The van der Waals surface area contributed by atoms with Gasteiger partial charge in [-0.25, -0.2) is 0 Å². The molecule has 2 aliphatic carbocycles. The Morgan fingerprint density at radius 3 is 2.50 bits per heavy atom. The van der Waals surface area contributed by atoms with Crippen LogP contribution in [0.15, 0.2) is 0 Å². The molecule has 22 heavy (non-hydrogen) atoms. The highest BCUT2D eigenvalue weighted by Crippen LogP contribution is 2.46. The highest BCUT2D eigenvalue weighted by Gasteiger charge is 2.41. The van der Waals surface area contributed by atoms with Crippen molar-refractivity contribution in [3.05, 3.63) is 16.0 Å². The number of carbonyl (C=O) groups is 3. The van der Waals surface area contributed by atoms with Crippen molar-refractivity contribution in [2.45, 2.75) is 28.9 Å². The number of rotatable bonds is 3. The quantitative estimate of drug-likeness (QED) is 0.545. The summed E-state index contributed by atoms with van der Waals surface area (Å²) in [5, 5.41) is 3.58. The summed E-state index contributed by atoms with van der Waals surface area (Å²) in [4.78, 5) is 33.8. The number of amides is 1. The second-order valence-corrected chi connectivity index (χ2v) is 10.0. The molecule has 1 amide bonds. The van der Waals surface area contributed by atoms with Crippen LogP contribution >= 0.6 is 43.2 Å². The SMILES string of the molecule is CNc1sc2c(c1C(N)=O)CCC(Br)(Br)C2=O.O=CC1CC1. The van der Waals surface area contributed by atoms with Crippen LogP contribution in [0.2, 0.25) is 0 Å². The van der Waals surface area contributed by atoms with Gasteiger partial charge < -0.3 is 15.8 Å². The van der Waals surface area contributed by atoms with E-state index in [9.17, 15) is 14.4 Å². The Morgan fingerprint density at radius 1 is 1.45 bits per heavy atom. The maximum absolute atomic E-state index is 12.2. The zero-order chi connectivity index (χ0) is 16.5. The lowest BCUT2D eigenvalue weighted by Crippen LogP contribution is -2.30. The Labute approximate surface area is 149 Å². The van der Waals surface area contributed by atoms with Gasteiger partial charge in [0.1, 0.15) is 14.5 Å². The second-order valence-electron chi connectivity index (χ2n) is 5.24. The van der Waals surface area contributed by atoms with Gasteiger partial charge in [-0.2, -0.15) is 0 Å². The summed E-state index contributed by atoms with van der Waals surface area (Å²) in [5.74, 6) is -0.0842. The number of fused-ring (bicyclic) bond motifs is 1. The van der Waals surface area contributed by atoms with Crippen molar-refractivity contribution in [3.8, 4) is 0 Å². The average molecular weight is 452 g/mol. The summed E-state index contributed by atoms with van der Waals surface area (Å²) in [7, 11) is 1.71. The van der Waals surface area contributed by atoms with Crippen LogP contribution < -0.4 is 11.1 Å². The third-order valence-electron chi connectivity index (χ3n) is 3.52. The molecule has 0 atom stereocenters. The molecule has 0 aromatic carbocycles. The number of nitrogens with two attached hydrogens (primary N) is 1. The first-order chi connectivity index (χ1) is 10.3. The van der Waals surface area contributed by atoms with Gasteiger partial charge in [-0.3, -0.25) is 9.59 Å². The van der Waals surface area contributed by atoms with Crippen molar-refractivity contribution in [1.29, 1.82) is 0 Å². The molecular formula is C14H16Br2N2O3S. The van der Waals surface area contributed by atoms with E-state index in [1.165, 1.54) is 11.3 Å². The molecule has 1 aromatic rings. The molecule has 0 aliphatic heterocycles. The Kier molecular flexibility index (Phi) is 5.45. The van der Waals surface area contributed by atoms with E-state index < -0.39 is 9.14 Å². The molecule has 1 heterocycles. The molecule has 3 N–H and O–H groups in total. The highest BCUT2D eigenvalue weighted by atomic mass is 79.9. The minimum absolute atomic E-state index is 0.0484. The summed E-state index contributed by atoms with van der Waals surface area (Å²) in [5.41, 5.74) is 6.59. The van der Waals surface area contributed by atoms with Gasteiger partial charge in [0.25, 0.3) is 5.91 Å². The van der Waals surface area contributed by atoms with Gasteiger partial charge in [-0.05, 0) is 31.2 Å². The third kappa shape index (κ3) is 3.60. The van der Waals surface area contributed by atoms with E-state index in [0.29, 0.717) is 34.2 Å². The monoisotopic (exact) mass is 450 g/mol. The summed E-state index contributed by atoms with van der Waals surface area (Å²) >= 11 is 7.99. The van der Waals surface area contributed by atoms with E-state index in [4.69, 9.17) is 5.73 Å². The molecule has 0 unspecified atom stereocenters. The molecule has 120 valence electrons. The van der Waals surface area contributed by atoms with Crippen molar-refractivity contribution < 1.29 is 14.4 Å². The zero-order valence-corrected chi connectivity index (χ0v) is 15.9. The maximum atomic E-state index is 12.2. The number of ketones is 1. The number of thiophene rings is 1. The highest BCUT2D eigenvalue weighted by molar-refractivity contribution is 9.26. The second kappa shape index (κ2) is 6.80. The Morgan fingerprint density at radius 2 is 2.09 bits per heavy atom. The van der Waals surface area contributed by atoms with Crippen molar-refractivity contribution >= 4 is 66.2 Å². The van der Waals surface area contributed by atoms with Gasteiger partial charge in [0, 0.05) is 13.0 Å². The van der Waals surface area contributed by atoms with Gasteiger partial charge in [0.15, 0.2) is 5.78 Å². The largest absolute Gasteiger partial charge is 0.379 e. The Bertz CT molecular complexity index is 624. The summed E-state index contributed by atoms with van der Waals surface area (Å²) < 4.78 is -0.711. The first-order valence-corrected chi connectivity index (χ1v) is 9.23. The van der Waals surface area contributed by atoms with Crippen LogP contribution in [-0.4, -0.2) is 28.3 Å². The van der Waals surface area contributed by atoms with E-state index in [-0.39, 0.29) is 5.78 Å². The van der Waals surface area contributed by atoms with Crippen LogP contribution in [0, 0.1) is 5.92 Å². The van der Waals surface area contributed by atoms with Gasteiger partial charge in [-0.1, -0.05) is 31.9 Å². The van der Waals surface area contributed by atoms with Gasteiger partial charge >= 0.3 is 0 Å². The van der Waals surface area contributed by atoms with Crippen molar-refractivity contribution in [3.63, 3.8) is 0 Å². The van der Waals surface area contributed by atoms with Crippen molar-refractivity contribution in [2.75, 3.05) is 12.4 Å². The van der Waals surface area contributed by atoms with E-state index in [2.05, 4.69) is 37.2 Å². The molecule has 0 bridgehead atoms. The minimum Gasteiger partial charge on any atom is -0.379 e. The number of Topliss-reactive ketones (excluding diaryl/α,β-unsaturated/α-hetero) is 1. The predicted octanol–water partition coefficient (Wildman–Crippen LogP) is 3.10. The number of anilines is 1. The predicted molar refractivity (Wildman–Crippen MR) is 94.4 cm³/mol. The lowest BCUT2D eigenvalue weighted by atomic mass is 9.94. The molecule has 2 aliphatic rings. The molecule has 0 radical (unpaired) electrons. The number of hydrogen-bond donors (Lipinski definition) is 2. The first-order valence-electron chi connectivity index (χ1n) is 6.83. The fourth-order valence-electron chi connectivity index (χ4n) is 2.12. The fourth-order valence-corrected chi connectivity index (χ4v) is 4.40. The van der Waals surface area contributed by atoms with Crippen molar-refractivity contribution in [1.82, 2.24) is 0 Å². The van der Waals surface area contributed by atoms with E-state index >= 15 is 0 Å². The lowest BCUT2D eigenvalue weighted by Gasteiger charge is -2.23. The van der Waals surface area contributed by atoms with Crippen LogP contribution in [0.1, 0.15) is 44.9 Å². The number of nitrogens with one attached hydrogen (secondary N) is 1. The Hall–Kier alpha value is -0.730. The first kappa shape index (κ1) is 17.6. The number of hydrogen-bond acceptors (Lipinski definition) is 5. The van der Waals surface area contributed by atoms with E-state index in [0.717, 1.165) is 24.7 Å². The van der Waals surface area contributed by atoms with Gasteiger partial charge in [-0.15, -0.1) is 11.3 Å². The van der Waals surface area contributed by atoms with E-state index in [1.807, 2.05) is 0 Å². The molecule has 0 spiro atoms. The molecule has 0 saturated heterocycles. The number of aldehydes is 1. The summed E-state index contributed by atoms with van der Waals surface area (Å²) in [6.45, 7) is 0.